The molecule has 1 fully saturated rings. The van der Waals surface area contributed by atoms with E-state index in [2.05, 4.69) is 0 Å². The second-order valence-corrected chi connectivity index (χ2v) is 6.97. The Bertz CT molecular complexity index is 774. The zero-order chi connectivity index (χ0) is 19.2. The van der Waals surface area contributed by atoms with Crippen molar-refractivity contribution in [2.24, 2.45) is 0 Å². The second-order valence-electron chi connectivity index (χ2n) is 6.97. The van der Waals surface area contributed by atoms with Crippen LogP contribution in [0.5, 0.6) is 0 Å². The molecule has 0 aromatic heterocycles. The van der Waals surface area contributed by atoms with Crippen molar-refractivity contribution in [1.29, 1.82) is 0 Å². The van der Waals surface area contributed by atoms with Gasteiger partial charge in [-0.1, -0.05) is 60.2 Å². The largest absolute Gasteiger partial charge is 0.383 e. The number of rotatable bonds is 7. The molecule has 0 bridgehead atoms. The Hall–Kier alpha value is -2.66. The zero-order valence-corrected chi connectivity index (χ0v) is 15.9. The highest BCUT2D eigenvalue weighted by Gasteiger charge is 2.39. The van der Waals surface area contributed by atoms with Crippen LogP contribution in [0.3, 0.4) is 0 Å². The molecule has 1 atom stereocenters. The predicted octanol–water partition coefficient (Wildman–Crippen LogP) is 2.42. The lowest BCUT2D eigenvalue weighted by Crippen LogP contribution is -2.60. The molecule has 5 nitrogen and oxygen atoms in total. The molecule has 142 valence electrons. The van der Waals surface area contributed by atoms with Crippen LogP contribution in [-0.4, -0.2) is 54.5 Å². The molecule has 0 N–H and O–H groups in total. The van der Waals surface area contributed by atoms with Crippen LogP contribution in [0, 0.1) is 6.92 Å². The van der Waals surface area contributed by atoms with Gasteiger partial charge in [0.2, 0.25) is 11.8 Å². The highest BCUT2D eigenvalue weighted by Crippen LogP contribution is 2.20. The molecule has 0 saturated carbocycles. The molecule has 2 aromatic rings. The van der Waals surface area contributed by atoms with Crippen LogP contribution in [0.25, 0.3) is 0 Å². The summed E-state index contributed by atoms with van der Waals surface area (Å²) in [6.07, 6.45) is 0.515. The quantitative estimate of drug-likeness (QED) is 0.756. The summed E-state index contributed by atoms with van der Waals surface area (Å²) in [7, 11) is 1.60. The number of amides is 2. The van der Waals surface area contributed by atoms with Gasteiger partial charge in [-0.2, -0.15) is 0 Å². The van der Waals surface area contributed by atoms with E-state index in [-0.39, 0.29) is 18.4 Å². The van der Waals surface area contributed by atoms with Crippen LogP contribution < -0.4 is 0 Å². The molecule has 1 heterocycles. The van der Waals surface area contributed by atoms with Crippen molar-refractivity contribution in [1.82, 2.24) is 9.80 Å². The molecule has 0 radical (unpaired) electrons. The molecule has 2 aromatic carbocycles. The lowest BCUT2D eigenvalue weighted by Gasteiger charge is -2.40. The summed E-state index contributed by atoms with van der Waals surface area (Å²) in [6.45, 7) is 3.45. The highest BCUT2D eigenvalue weighted by molar-refractivity contribution is 5.95. The third-order valence-corrected chi connectivity index (χ3v) is 4.93. The van der Waals surface area contributed by atoms with Crippen LogP contribution in [0.2, 0.25) is 0 Å². The molecule has 0 unspecified atom stereocenters. The average molecular weight is 366 g/mol. The summed E-state index contributed by atoms with van der Waals surface area (Å²) >= 11 is 0. The minimum atomic E-state index is -0.494. The summed E-state index contributed by atoms with van der Waals surface area (Å²) in [5.41, 5.74) is 3.25. The normalized spacial score (nSPS) is 17.5. The molecule has 2 amide bonds. The van der Waals surface area contributed by atoms with Gasteiger partial charge in [-0.3, -0.25) is 9.59 Å². The van der Waals surface area contributed by atoms with E-state index in [1.165, 1.54) is 5.56 Å². The lowest BCUT2D eigenvalue weighted by atomic mass is 10.00. The van der Waals surface area contributed by atoms with Gasteiger partial charge in [-0.25, -0.2) is 0 Å². The van der Waals surface area contributed by atoms with E-state index in [9.17, 15) is 9.59 Å². The van der Waals surface area contributed by atoms with Gasteiger partial charge in [0, 0.05) is 26.6 Å². The lowest BCUT2D eigenvalue weighted by molar-refractivity contribution is -0.157. The standard InChI is InChI=1S/C22H26N2O3/c1-17-8-10-19(11-9-17)15-24-20(14-18-6-4-3-5-7-18)22(26)23(12-13-27-2)16-21(24)25/h3-11,20H,12-16H2,1-2H3/t20-/m1/s1. The molecule has 5 heteroatoms. The van der Waals surface area contributed by atoms with Crippen molar-refractivity contribution in [3.8, 4) is 0 Å². The predicted molar refractivity (Wildman–Crippen MR) is 104 cm³/mol. The Morgan fingerprint density at radius 3 is 2.37 bits per heavy atom. The van der Waals surface area contributed by atoms with Crippen molar-refractivity contribution in [3.63, 3.8) is 0 Å². The van der Waals surface area contributed by atoms with Crippen LogP contribution in [0.1, 0.15) is 16.7 Å². The number of aryl methyl sites for hydroxylation is 1. The van der Waals surface area contributed by atoms with Crippen LogP contribution in [0.15, 0.2) is 54.6 Å². The van der Waals surface area contributed by atoms with E-state index in [0.717, 1.165) is 11.1 Å². The van der Waals surface area contributed by atoms with Crippen LogP contribution in [0.4, 0.5) is 0 Å². The summed E-state index contributed by atoms with van der Waals surface area (Å²) in [4.78, 5) is 29.3. The SMILES string of the molecule is COCCN1CC(=O)N(Cc2ccc(C)cc2)[C@H](Cc2ccccc2)C1=O. The number of methoxy groups -OCH3 is 1. The minimum Gasteiger partial charge on any atom is -0.383 e. The summed E-state index contributed by atoms with van der Waals surface area (Å²) < 4.78 is 5.10. The molecule has 27 heavy (non-hydrogen) atoms. The Labute approximate surface area is 160 Å². The third-order valence-electron chi connectivity index (χ3n) is 4.93. The fourth-order valence-electron chi connectivity index (χ4n) is 3.36. The summed E-state index contributed by atoms with van der Waals surface area (Å²) in [5.74, 6) is -0.0326. The fraction of sp³-hybridized carbons (Fsp3) is 0.364. The van der Waals surface area contributed by atoms with Gasteiger partial charge in [0.15, 0.2) is 0 Å². The number of piperazine rings is 1. The van der Waals surface area contributed by atoms with Crippen LogP contribution >= 0.6 is 0 Å². The number of ether oxygens (including phenoxy) is 1. The molecule has 1 aliphatic heterocycles. The first-order chi connectivity index (χ1) is 13.1. The van der Waals surface area contributed by atoms with Gasteiger partial charge in [0.25, 0.3) is 0 Å². The smallest absolute Gasteiger partial charge is 0.246 e. The second kappa shape index (κ2) is 8.82. The van der Waals surface area contributed by atoms with Crippen molar-refractivity contribution in [2.75, 3.05) is 26.8 Å². The number of carbonyl (C=O) groups excluding carboxylic acids is 2. The van der Waals surface area contributed by atoms with Gasteiger partial charge >= 0.3 is 0 Å². The third kappa shape index (κ3) is 4.74. The topological polar surface area (TPSA) is 49.9 Å². The maximum Gasteiger partial charge on any atom is 0.246 e. The van der Waals surface area contributed by atoms with Crippen molar-refractivity contribution in [2.45, 2.75) is 25.9 Å². The molecule has 1 aliphatic rings. The van der Waals surface area contributed by atoms with E-state index in [0.29, 0.717) is 26.1 Å². The van der Waals surface area contributed by atoms with Crippen molar-refractivity contribution < 1.29 is 14.3 Å². The first kappa shape index (κ1) is 19.1. The molecule has 3 rings (SSSR count). The number of benzene rings is 2. The molecule has 0 aliphatic carbocycles. The average Bonchev–Trinajstić information content (AvgIpc) is 2.68. The summed E-state index contributed by atoms with van der Waals surface area (Å²) in [5, 5.41) is 0. The minimum absolute atomic E-state index is 0.0115. The Kier molecular flexibility index (Phi) is 6.24. The molecular weight excluding hydrogens is 340 g/mol. The monoisotopic (exact) mass is 366 g/mol. The van der Waals surface area contributed by atoms with E-state index in [1.54, 1.807) is 16.9 Å². The summed E-state index contributed by atoms with van der Waals surface area (Å²) in [6, 6.07) is 17.5. The van der Waals surface area contributed by atoms with Gasteiger partial charge in [-0.15, -0.1) is 0 Å². The van der Waals surface area contributed by atoms with Gasteiger partial charge in [0.05, 0.1) is 13.2 Å². The zero-order valence-electron chi connectivity index (χ0n) is 15.9. The van der Waals surface area contributed by atoms with Gasteiger partial charge in [-0.05, 0) is 18.1 Å². The van der Waals surface area contributed by atoms with Crippen molar-refractivity contribution >= 4 is 11.8 Å². The maximum absolute atomic E-state index is 13.1. The van der Waals surface area contributed by atoms with E-state index in [4.69, 9.17) is 4.74 Å². The molecular formula is C22H26N2O3. The first-order valence-electron chi connectivity index (χ1n) is 9.25. The van der Waals surface area contributed by atoms with Gasteiger partial charge in [0.1, 0.15) is 6.04 Å². The molecule has 0 spiro atoms. The van der Waals surface area contributed by atoms with E-state index in [1.807, 2.05) is 61.5 Å². The number of nitrogens with zero attached hydrogens (tertiary/aromatic N) is 2. The van der Waals surface area contributed by atoms with Gasteiger partial charge < -0.3 is 14.5 Å². The van der Waals surface area contributed by atoms with E-state index < -0.39 is 6.04 Å². The Morgan fingerprint density at radius 1 is 1.00 bits per heavy atom. The number of hydrogen-bond acceptors (Lipinski definition) is 3. The Morgan fingerprint density at radius 2 is 1.70 bits per heavy atom. The number of hydrogen-bond donors (Lipinski definition) is 0. The Balaban J connectivity index is 1.84. The highest BCUT2D eigenvalue weighted by atomic mass is 16.5. The first-order valence-corrected chi connectivity index (χ1v) is 9.25. The van der Waals surface area contributed by atoms with Crippen LogP contribution in [-0.2, 0) is 27.3 Å². The molecule has 1 saturated heterocycles. The van der Waals surface area contributed by atoms with E-state index >= 15 is 0 Å². The van der Waals surface area contributed by atoms with Crippen molar-refractivity contribution in [3.05, 3.63) is 71.3 Å². The number of carbonyl (C=O) groups is 2. The maximum atomic E-state index is 13.1. The fourth-order valence-corrected chi connectivity index (χ4v) is 3.36.